The lowest BCUT2D eigenvalue weighted by Gasteiger charge is -2.25. The van der Waals surface area contributed by atoms with Crippen LogP contribution in [0.2, 0.25) is 0 Å². The molecule has 2 aromatic rings. The summed E-state index contributed by atoms with van der Waals surface area (Å²) in [6.45, 7) is 15.9. The van der Waals surface area contributed by atoms with Crippen LogP contribution in [0.15, 0.2) is 65.5 Å². The summed E-state index contributed by atoms with van der Waals surface area (Å²) in [4.78, 5) is 4.89. The van der Waals surface area contributed by atoms with E-state index in [9.17, 15) is 0 Å². The van der Waals surface area contributed by atoms with Gasteiger partial charge in [0.2, 0.25) is 0 Å². The Morgan fingerprint density at radius 3 is 2.58 bits per heavy atom. The van der Waals surface area contributed by atoms with Gasteiger partial charge < -0.3 is 0 Å². The monoisotopic (exact) mass is 332 g/mol. The van der Waals surface area contributed by atoms with E-state index in [0.29, 0.717) is 5.71 Å². The van der Waals surface area contributed by atoms with Crippen molar-refractivity contribution >= 4 is 35.0 Å². The highest BCUT2D eigenvalue weighted by molar-refractivity contribution is 7.13. The first-order valence-corrected chi connectivity index (χ1v) is 8.62. The van der Waals surface area contributed by atoms with Gasteiger partial charge in [0.15, 0.2) is 0 Å². The minimum atomic E-state index is -0.220. The summed E-state index contributed by atoms with van der Waals surface area (Å²) in [6.07, 6.45) is 3.80. The topological polar surface area (TPSA) is 36.2 Å². The summed E-state index contributed by atoms with van der Waals surface area (Å²) in [5.41, 5.74) is 6.52. The average Bonchev–Trinajstić information content (AvgIpc) is 3.14. The maximum absolute atomic E-state index is 8.78. The van der Waals surface area contributed by atoms with Crippen molar-refractivity contribution in [3.8, 4) is 0 Å². The number of nitrogens with zero attached hydrogens (tertiary/aromatic N) is 1. The highest BCUT2D eigenvalue weighted by atomic mass is 32.1. The van der Waals surface area contributed by atoms with Crippen LogP contribution in [0, 0.1) is 5.41 Å². The zero-order valence-electron chi connectivity index (χ0n) is 14.0. The normalized spacial score (nSPS) is 15.1. The lowest BCUT2D eigenvalue weighted by molar-refractivity contribution is 0.653. The van der Waals surface area contributed by atoms with Crippen molar-refractivity contribution in [3.63, 3.8) is 0 Å². The third-order valence-corrected chi connectivity index (χ3v) is 5.58. The molecule has 1 aromatic carbocycles. The number of fused-ring (bicyclic) bond motifs is 1. The van der Waals surface area contributed by atoms with E-state index in [1.165, 1.54) is 11.3 Å². The summed E-state index contributed by atoms with van der Waals surface area (Å²) in [5.74, 6) is 0. The molecule has 0 aliphatic heterocycles. The van der Waals surface area contributed by atoms with Crippen molar-refractivity contribution in [2.24, 2.45) is 4.99 Å². The summed E-state index contributed by atoms with van der Waals surface area (Å²) in [6, 6.07) is 8.02. The van der Waals surface area contributed by atoms with Gasteiger partial charge >= 0.3 is 0 Å². The molecular formula is C21H20N2S. The van der Waals surface area contributed by atoms with Crippen LogP contribution in [0.25, 0.3) is 5.57 Å². The van der Waals surface area contributed by atoms with Crippen LogP contribution in [0.1, 0.15) is 35.4 Å². The summed E-state index contributed by atoms with van der Waals surface area (Å²) in [7, 11) is 0. The minimum absolute atomic E-state index is 0.220. The van der Waals surface area contributed by atoms with E-state index in [0.717, 1.165) is 38.4 Å². The van der Waals surface area contributed by atoms with Crippen molar-refractivity contribution in [2.45, 2.75) is 19.3 Å². The molecule has 0 saturated carbocycles. The van der Waals surface area contributed by atoms with Crippen molar-refractivity contribution in [1.29, 1.82) is 5.41 Å². The molecule has 0 amide bonds. The molecule has 1 aliphatic rings. The molecule has 0 bridgehead atoms. The molecule has 0 spiro atoms. The molecule has 3 heteroatoms. The van der Waals surface area contributed by atoms with Gasteiger partial charge in [0, 0.05) is 11.0 Å². The maximum atomic E-state index is 8.78. The predicted molar refractivity (Wildman–Crippen MR) is 106 cm³/mol. The Morgan fingerprint density at radius 1 is 1.21 bits per heavy atom. The lowest BCUT2D eigenvalue weighted by Crippen LogP contribution is -2.20. The van der Waals surface area contributed by atoms with Gasteiger partial charge in [-0.2, -0.15) is 0 Å². The third-order valence-electron chi connectivity index (χ3n) is 4.66. The first-order chi connectivity index (χ1) is 11.5. The van der Waals surface area contributed by atoms with E-state index >= 15 is 0 Å². The molecule has 3 rings (SSSR count). The number of allylic oxidation sites excluding steroid dienone is 4. The van der Waals surface area contributed by atoms with Crippen LogP contribution in [0.3, 0.4) is 0 Å². The molecule has 1 aliphatic carbocycles. The Labute approximate surface area is 147 Å². The number of rotatable bonds is 5. The van der Waals surface area contributed by atoms with Crippen LogP contribution in [0.4, 0.5) is 5.69 Å². The molecule has 120 valence electrons. The standard InChI is InChI=1S/C21H20N2S/c1-6-13-14-9-8-10-15(18(14)21(3,4)16(13)7-2)19(22)20-17(23-5)11-12-24-20/h6-12,22H,1-2,5H2,3-4H3. The van der Waals surface area contributed by atoms with Gasteiger partial charge in [0.1, 0.15) is 0 Å². The smallest absolute Gasteiger partial charge is 0.0824 e. The molecule has 1 N–H and O–H groups in total. The predicted octanol–water partition coefficient (Wildman–Crippen LogP) is 5.91. The quantitative estimate of drug-likeness (QED) is 0.661. The number of hydrogen-bond donors (Lipinski definition) is 1. The Bertz CT molecular complexity index is 910. The van der Waals surface area contributed by atoms with Crippen LogP contribution in [0.5, 0.6) is 0 Å². The zero-order chi connectivity index (χ0) is 17.5. The first kappa shape index (κ1) is 16.3. The minimum Gasteiger partial charge on any atom is -0.299 e. The zero-order valence-corrected chi connectivity index (χ0v) is 14.8. The van der Waals surface area contributed by atoms with Gasteiger partial charge in [0.05, 0.1) is 16.3 Å². The van der Waals surface area contributed by atoms with E-state index in [-0.39, 0.29) is 5.41 Å². The molecule has 0 unspecified atom stereocenters. The third kappa shape index (κ3) is 2.16. The molecule has 0 fully saturated rings. The molecular weight excluding hydrogens is 312 g/mol. The van der Waals surface area contributed by atoms with Crippen LogP contribution in [-0.4, -0.2) is 12.4 Å². The molecule has 1 heterocycles. The molecule has 24 heavy (non-hydrogen) atoms. The Morgan fingerprint density at radius 2 is 1.96 bits per heavy atom. The van der Waals surface area contributed by atoms with Crippen LogP contribution in [-0.2, 0) is 5.41 Å². The maximum Gasteiger partial charge on any atom is 0.0824 e. The second-order valence-electron chi connectivity index (χ2n) is 6.26. The summed E-state index contributed by atoms with van der Waals surface area (Å²) < 4.78 is 0. The van der Waals surface area contributed by atoms with Gasteiger partial charge in [-0.25, -0.2) is 0 Å². The van der Waals surface area contributed by atoms with Gasteiger partial charge in [-0.1, -0.05) is 57.4 Å². The summed E-state index contributed by atoms with van der Waals surface area (Å²) in [5, 5.41) is 10.7. The van der Waals surface area contributed by atoms with Gasteiger partial charge in [0.25, 0.3) is 0 Å². The largest absolute Gasteiger partial charge is 0.299 e. The van der Waals surface area contributed by atoms with E-state index < -0.39 is 0 Å². The van der Waals surface area contributed by atoms with Gasteiger partial charge in [-0.05, 0) is 40.4 Å². The number of nitrogens with one attached hydrogen (secondary N) is 1. The van der Waals surface area contributed by atoms with Crippen molar-refractivity contribution in [1.82, 2.24) is 0 Å². The molecule has 2 nitrogen and oxygen atoms in total. The molecule has 0 saturated heterocycles. The molecule has 0 radical (unpaired) electrons. The van der Waals surface area contributed by atoms with E-state index in [1.54, 1.807) is 0 Å². The second kappa shape index (κ2) is 5.84. The van der Waals surface area contributed by atoms with Gasteiger partial charge in [-0.15, -0.1) is 11.3 Å². The first-order valence-electron chi connectivity index (χ1n) is 7.74. The lowest BCUT2D eigenvalue weighted by atomic mass is 9.78. The van der Waals surface area contributed by atoms with Crippen molar-refractivity contribution in [3.05, 3.63) is 82.1 Å². The van der Waals surface area contributed by atoms with Crippen LogP contribution >= 0.6 is 11.3 Å². The Kier molecular flexibility index (Phi) is 3.98. The van der Waals surface area contributed by atoms with E-state index in [4.69, 9.17) is 5.41 Å². The number of benzene rings is 1. The highest BCUT2D eigenvalue weighted by Gasteiger charge is 2.38. The SMILES string of the molecule is C=CC1=C(C=C)C(C)(C)c2c(C(=N)c3sccc3N=C)cccc21. The average molecular weight is 332 g/mol. The van der Waals surface area contributed by atoms with E-state index in [1.807, 2.05) is 35.7 Å². The van der Waals surface area contributed by atoms with Gasteiger partial charge in [-0.3, -0.25) is 10.4 Å². The second-order valence-corrected chi connectivity index (χ2v) is 7.17. The fraction of sp³-hybridized carbons (Fsp3) is 0.143. The van der Waals surface area contributed by atoms with Crippen LogP contribution < -0.4 is 0 Å². The van der Waals surface area contributed by atoms with Crippen molar-refractivity contribution in [2.75, 3.05) is 0 Å². The van der Waals surface area contributed by atoms with Crippen molar-refractivity contribution < 1.29 is 0 Å². The fourth-order valence-corrected chi connectivity index (χ4v) is 4.41. The molecule has 0 atom stereocenters. The summed E-state index contributed by atoms with van der Waals surface area (Å²) >= 11 is 1.52. The highest BCUT2D eigenvalue weighted by Crippen LogP contribution is 2.49. The number of aliphatic imine (C=N–C) groups is 1. The molecule has 1 aromatic heterocycles. The Hall–Kier alpha value is -2.52. The fourth-order valence-electron chi connectivity index (χ4n) is 3.60. The number of hydrogen-bond acceptors (Lipinski definition) is 3. The Balaban J connectivity index is 2.25. The number of thiophene rings is 1. The van der Waals surface area contributed by atoms with E-state index in [2.05, 4.69) is 44.8 Å².